The van der Waals surface area contributed by atoms with Gasteiger partial charge in [0.25, 0.3) is 10.0 Å². The Labute approximate surface area is 114 Å². The van der Waals surface area contributed by atoms with Gasteiger partial charge in [-0.3, -0.25) is 10.2 Å². The molecule has 0 radical (unpaired) electrons. The molecule has 2 aromatic rings. The zero-order valence-corrected chi connectivity index (χ0v) is 10.8. The molecular weight excluding hydrogens is 282 g/mol. The van der Waals surface area contributed by atoms with E-state index >= 15 is 0 Å². The largest absolute Gasteiger partial charge is 0.459 e. The number of nitrogens with one attached hydrogen (secondary N) is 2. The fourth-order valence-electron chi connectivity index (χ4n) is 1.37. The molecule has 2 rings (SSSR count). The molecule has 0 saturated heterocycles. The molecular formula is C12H9N3O4S. The van der Waals surface area contributed by atoms with Gasteiger partial charge in [0, 0.05) is 0 Å². The van der Waals surface area contributed by atoms with Crippen LogP contribution in [-0.2, 0) is 10.0 Å². The van der Waals surface area contributed by atoms with E-state index in [0.29, 0.717) is 0 Å². The molecule has 102 valence electrons. The highest BCUT2D eigenvalue weighted by atomic mass is 32.2. The fourth-order valence-corrected chi connectivity index (χ4v) is 2.26. The Bertz CT molecular complexity index is 760. The van der Waals surface area contributed by atoms with Crippen LogP contribution in [0.1, 0.15) is 16.1 Å². The Morgan fingerprint density at radius 3 is 2.70 bits per heavy atom. The maximum atomic E-state index is 11.9. The van der Waals surface area contributed by atoms with Crippen LogP contribution in [0.15, 0.2) is 52.0 Å². The number of nitrogens with zero attached hydrogens (tertiary/aromatic N) is 1. The molecule has 8 heteroatoms. The molecule has 1 aromatic heterocycles. The number of benzene rings is 1. The fraction of sp³-hybridized carbons (Fsp3) is 0. The second-order valence-corrected chi connectivity index (χ2v) is 5.36. The molecule has 1 amide bonds. The molecule has 0 fully saturated rings. The van der Waals surface area contributed by atoms with Gasteiger partial charge in [-0.05, 0) is 30.3 Å². The van der Waals surface area contributed by atoms with Gasteiger partial charge in [-0.2, -0.15) is 5.26 Å². The van der Waals surface area contributed by atoms with E-state index in [1.54, 1.807) is 0 Å². The Hall–Kier alpha value is -2.63. The number of sulfonamides is 1. The third kappa shape index (κ3) is 3.03. The molecule has 0 bridgehead atoms. The van der Waals surface area contributed by atoms with Crippen molar-refractivity contribution in [1.29, 1.82) is 5.26 Å². The van der Waals surface area contributed by atoms with E-state index in [9.17, 15) is 13.2 Å². The van der Waals surface area contributed by atoms with E-state index in [-0.39, 0.29) is 16.2 Å². The molecule has 0 unspecified atom stereocenters. The molecule has 20 heavy (non-hydrogen) atoms. The summed E-state index contributed by atoms with van der Waals surface area (Å²) < 4.78 is 28.6. The zero-order valence-electron chi connectivity index (χ0n) is 10.0. The second kappa shape index (κ2) is 5.56. The average molecular weight is 291 g/mol. The predicted octanol–water partition coefficient (Wildman–Crippen LogP) is 0.775. The number of hydrazine groups is 1. The Balaban J connectivity index is 2.12. The normalized spacial score (nSPS) is 10.8. The number of rotatable bonds is 4. The lowest BCUT2D eigenvalue weighted by molar-refractivity contribution is 0.0917. The molecule has 1 aromatic carbocycles. The van der Waals surface area contributed by atoms with Crippen LogP contribution in [0.25, 0.3) is 0 Å². The number of carbonyl (C=O) groups excluding carboxylic acids is 1. The molecule has 0 atom stereocenters. The molecule has 0 saturated carbocycles. The summed E-state index contributed by atoms with van der Waals surface area (Å²) in [5.41, 5.74) is 2.21. The Morgan fingerprint density at radius 1 is 1.25 bits per heavy atom. The number of hydrogen-bond donors (Lipinski definition) is 2. The maximum Gasteiger partial charge on any atom is 0.301 e. The van der Waals surface area contributed by atoms with Gasteiger partial charge in [0.2, 0.25) is 0 Å². The first kappa shape index (κ1) is 13.8. The number of hydrogen-bond acceptors (Lipinski definition) is 5. The van der Waals surface area contributed by atoms with Crippen molar-refractivity contribution in [2.24, 2.45) is 0 Å². The van der Waals surface area contributed by atoms with Gasteiger partial charge >= 0.3 is 5.91 Å². The standard InChI is InChI=1S/C12H9N3O4S/c13-8-9-3-1-4-10(7-9)20(17,18)15-14-12(16)11-5-2-6-19-11/h1-7,15H,(H,14,16). The highest BCUT2D eigenvalue weighted by Gasteiger charge is 2.17. The third-order valence-corrected chi connectivity index (χ3v) is 3.56. The monoisotopic (exact) mass is 291 g/mol. The van der Waals surface area contributed by atoms with Gasteiger partial charge in [0.1, 0.15) is 0 Å². The minimum Gasteiger partial charge on any atom is -0.459 e. The Morgan fingerprint density at radius 2 is 2.05 bits per heavy atom. The molecule has 1 heterocycles. The van der Waals surface area contributed by atoms with Crippen molar-refractivity contribution in [1.82, 2.24) is 10.3 Å². The van der Waals surface area contributed by atoms with Crippen LogP contribution in [0.5, 0.6) is 0 Å². The third-order valence-electron chi connectivity index (χ3n) is 2.32. The summed E-state index contributed by atoms with van der Waals surface area (Å²) >= 11 is 0. The molecule has 0 aliphatic carbocycles. The van der Waals surface area contributed by atoms with Crippen LogP contribution in [-0.4, -0.2) is 14.3 Å². The quantitative estimate of drug-likeness (QED) is 0.808. The van der Waals surface area contributed by atoms with Crippen LogP contribution >= 0.6 is 0 Å². The van der Waals surface area contributed by atoms with Gasteiger partial charge < -0.3 is 4.42 Å². The summed E-state index contributed by atoms with van der Waals surface area (Å²) in [7, 11) is -3.95. The zero-order chi connectivity index (χ0) is 14.6. The molecule has 2 N–H and O–H groups in total. The van der Waals surface area contributed by atoms with Gasteiger partial charge in [-0.15, -0.1) is 4.83 Å². The van der Waals surface area contributed by atoms with Crippen molar-refractivity contribution < 1.29 is 17.6 Å². The van der Waals surface area contributed by atoms with Crippen molar-refractivity contribution in [2.75, 3.05) is 0 Å². The smallest absolute Gasteiger partial charge is 0.301 e. The minimum atomic E-state index is -3.95. The molecule has 0 spiro atoms. The van der Waals surface area contributed by atoms with Crippen molar-refractivity contribution in [3.05, 3.63) is 54.0 Å². The highest BCUT2D eigenvalue weighted by Crippen LogP contribution is 2.10. The lowest BCUT2D eigenvalue weighted by atomic mass is 10.2. The summed E-state index contributed by atoms with van der Waals surface area (Å²) in [6, 6.07) is 10.1. The van der Waals surface area contributed by atoms with Gasteiger partial charge in [-0.25, -0.2) is 8.42 Å². The van der Waals surface area contributed by atoms with Crippen LogP contribution in [0.4, 0.5) is 0 Å². The molecule has 0 aliphatic rings. The van der Waals surface area contributed by atoms with Crippen LogP contribution in [0.2, 0.25) is 0 Å². The van der Waals surface area contributed by atoms with E-state index in [1.807, 2.05) is 16.3 Å². The number of nitriles is 1. The Kier molecular flexibility index (Phi) is 3.84. The molecule has 0 aliphatic heterocycles. The van der Waals surface area contributed by atoms with E-state index in [2.05, 4.69) is 0 Å². The first-order valence-electron chi connectivity index (χ1n) is 5.39. The lowest BCUT2D eigenvalue weighted by Crippen LogP contribution is -2.41. The van der Waals surface area contributed by atoms with E-state index in [1.165, 1.54) is 42.7 Å². The van der Waals surface area contributed by atoms with E-state index < -0.39 is 15.9 Å². The van der Waals surface area contributed by atoms with Crippen LogP contribution in [0, 0.1) is 11.3 Å². The van der Waals surface area contributed by atoms with Crippen LogP contribution in [0.3, 0.4) is 0 Å². The topological polar surface area (TPSA) is 112 Å². The summed E-state index contributed by atoms with van der Waals surface area (Å²) in [6.45, 7) is 0. The molecule has 7 nitrogen and oxygen atoms in total. The first-order chi connectivity index (χ1) is 9.53. The van der Waals surface area contributed by atoms with E-state index in [0.717, 1.165) is 0 Å². The van der Waals surface area contributed by atoms with E-state index in [4.69, 9.17) is 9.68 Å². The van der Waals surface area contributed by atoms with Crippen LogP contribution < -0.4 is 10.3 Å². The van der Waals surface area contributed by atoms with Gasteiger partial charge in [-0.1, -0.05) is 6.07 Å². The summed E-state index contributed by atoms with van der Waals surface area (Å²) in [4.78, 5) is 13.3. The highest BCUT2D eigenvalue weighted by molar-refractivity contribution is 7.89. The maximum absolute atomic E-state index is 11.9. The average Bonchev–Trinajstić information content (AvgIpc) is 2.99. The number of furan rings is 1. The SMILES string of the molecule is N#Cc1cccc(S(=O)(=O)NNC(=O)c2ccco2)c1. The van der Waals surface area contributed by atoms with Crippen molar-refractivity contribution >= 4 is 15.9 Å². The summed E-state index contributed by atoms with van der Waals surface area (Å²) in [5, 5.41) is 8.72. The van der Waals surface area contributed by atoms with Crippen molar-refractivity contribution in [2.45, 2.75) is 4.90 Å². The van der Waals surface area contributed by atoms with Crippen molar-refractivity contribution in [3.63, 3.8) is 0 Å². The second-order valence-electron chi connectivity index (χ2n) is 3.68. The van der Waals surface area contributed by atoms with Gasteiger partial charge in [0.15, 0.2) is 5.76 Å². The number of amides is 1. The predicted molar refractivity (Wildman–Crippen MR) is 67.7 cm³/mol. The van der Waals surface area contributed by atoms with Crippen molar-refractivity contribution in [3.8, 4) is 6.07 Å². The first-order valence-corrected chi connectivity index (χ1v) is 6.87. The summed E-state index contributed by atoms with van der Waals surface area (Å²) in [5.74, 6) is -0.756. The van der Waals surface area contributed by atoms with Gasteiger partial charge in [0.05, 0.1) is 22.8 Å². The minimum absolute atomic E-state index is 0.0292. The summed E-state index contributed by atoms with van der Waals surface area (Å²) in [6.07, 6.45) is 1.29. The number of carbonyl (C=O) groups is 1. The lowest BCUT2D eigenvalue weighted by Gasteiger charge is -2.07.